The Hall–Kier alpha value is -3.86. The second-order valence-corrected chi connectivity index (χ2v) is 10.9. The molecular formula is C32H35NO4. The molecule has 1 heterocycles. The Balaban J connectivity index is 1.68. The predicted octanol–water partition coefficient (Wildman–Crippen LogP) is 6.70. The molecule has 192 valence electrons. The van der Waals surface area contributed by atoms with E-state index in [2.05, 4.69) is 64.3 Å². The number of carboxylic acids is 1. The average molecular weight is 498 g/mol. The van der Waals surface area contributed by atoms with Gasteiger partial charge in [-0.2, -0.15) is 0 Å². The van der Waals surface area contributed by atoms with E-state index in [1.54, 1.807) is 12.2 Å². The van der Waals surface area contributed by atoms with Gasteiger partial charge >= 0.3 is 5.97 Å². The number of fused-ring (bicyclic) bond motifs is 1. The van der Waals surface area contributed by atoms with Crippen molar-refractivity contribution >= 4 is 17.4 Å². The number of aliphatic hydroxyl groups excluding tert-OH is 1. The second kappa shape index (κ2) is 9.55. The van der Waals surface area contributed by atoms with Crippen LogP contribution in [0, 0.1) is 6.92 Å². The minimum absolute atomic E-state index is 0.0310. The lowest BCUT2D eigenvalue weighted by Gasteiger charge is -2.31. The van der Waals surface area contributed by atoms with Crippen LogP contribution < -0.4 is 4.90 Å². The lowest BCUT2D eigenvalue weighted by atomic mass is 9.74. The molecule has 0 saturated carbocycles. The van der Waals surface area contributed by atoms with Gasteiger partial charge in [-0.3, -0.25) is 9.59 Å². The fourth-order valence-corrected chi connectivity index (χ4v) is 5.38. The quantitative estimate of drug-likeness (QED) is 0.397. The number of carbonyl (C=O) groups excluding carboxylic acids is 1. The molecule has 0 atom stereocenters. The van der Waals surface area contributed by atoms with Gasteiger partial charge in [-0.25, -0.2) is 0 Å². The normalized spacial score (nSPS) is 18.8. The summed E-state index contributed by atoms with van der Waals surface area (Å²) < 4.78 is 0. The summed E-state index contributed by atoms with van der Waals surface area (Å²) in [6, 6.07) is 16.1. The van der Waals surface area contributed by atoms with Gasteiger partial charge in [-0.05, 0) is 53.8 Å². The van der Waals surface area contributed by atoms with E-state index >= 15 is 0 Å². The maximum atomic E-state index is 13.3. The van der Waals surface area contributed by atoms with Gasteiger partial charge in [-0.15, -0.1) is 0 Å². The van der Waals surface area contributed by atoms with Crippen LogP contribution in [0.2, 0.25) is 0 Å². The monoisotopic (exact) mass is 497 g/mol. The highest BCUT2D eigenvalue weighted by atomic mass is 16.4. The van der Waals surface area contributed by atoms with E-state index in [-0.39, 0.29) is 29.1 Å². The molecule has 0 bridgehead atoms. The Bertz CT molecular complexity index is 1390. The zero-order valence-corrected chi connectivity index (χ0v) is 22.3. The van der Waals surface area contributed by atoms with E-state index in [0.29, 0.717) is 13.0 Å². The Kier molecular flexibility index (Phi) is 6.76. The fourth-order valence-electron chi connectivity index (χ4n) is 5.38. The second-order valence-electron chi connectivity index (χ2n) is 10.9. The molecule has 0 unspecified atom stereocenters. The summed E-state index contributed by atoms with van der Waals surface area (Å²) in [6.45, 7) is 15.1. The van der Waals surface area contributed by atoms with Gasteiger partial charge < -0.3 is 15.1 Å². The first-order chi connectivity index (χ1) is 17.4. The molecule has 1 aliphatic heterocycles. The highest BCUT2D eigenvalue weighted by molar-refractivity contribution is 6.21. The number of anilines is 1. The number of aryl methyl sites for hydroxylation is 1. The largest absolute Gasteiger partial charge is 0.506 e. The number of para-hydroxylation sites is 1. The molecule has 0 spiro atoms. The van der Waals surface area contributed by atoms with Gasteiger partial charge in [0, 0.05) is 35.2 Å². The van der Waals surface area contributed by atoms with Crippen molar-refractivity contribution < 1.29 is 19.8 Å². The molecule has 2 N–H and O–H groups in total. The van der Waals surface area contributed by atoms with Gasteiger partial charge in [0.2, 0.25) is 5.78 Å². The maximum Gasteiger partial charge on any atom is 0.303 e. The van der Waals surface area contributed by atoms with Crippen molar-refractivity contribution in [2.45, 2.75) is 58.3 Å². The molecule has 0 fully saturated rings. The van der Waals surface area contributed by atoms with Crippen molar-refractivity contribution in [3.8, 4) is 0 Å². The number of hydrogen-bond acceptors (Lipinski definition) is 4. The van der Waals surface area contributed by atoms with Gasteiger partial charge in [0.25, 0.3) is 0 Å². The number of Topliss-reactive ketones (excluding diaryl/α,β-unsaturated/α-hetero) is 1. The minimum atomic E-state index is -0.838. The summed E-state index contributed by atoms with van der Waals surface area (Å²) in [6.07, 6.45) is 4.00. The average Bonchev–Trinajstić information content (AvgIpc) is 3.06. The Labute approximate surface area is 219 Å². The van der Waals surface area contributed by atoms with E-state index in [1.807, 2.05) is 30.3 Å². The first-order valence-corrected chi connectivity index (χ1v) is 12.6. The molecule has 5 nitrogen and oxygen atoms in total. The van der Waals surface area contributed by atoms with Crippen LogP contribution in [0.15, 0.2) is 95.4 Å². The van der Waals surface area contributed by atoms with Crippen molar-refractivity contribution in [1.82, 2.24) is 0 Å². The molecule has 0 radical (unpaired) electrons. The molecular weight excluding hydrogens is 462 g/mol. The van der Waals surface area contributed by atoms with E-state index in [4.69, 9.17) is 5.11 Å². The molecule has 5 heteroatoms. The third-order valence-electron chi connectivity index (χ3n) is 7.79. The van der Waals surface area contributed by atoms with Gasteiger partial charge in [0.1, 0.15) is 5.76 Å². The Morgan fingerprint density at radius 3 is 2.41 bits per heavy atom. The van der Waals surface area contributed by atoms with E-state index < -0.39 is 16.8 Å². The number of aliphatic hydroxyl groups is 1. The number of nitrogens with zero attached hydrogens (tertiary/aromatic N) is 1. The zero-order valence-electron chi connectivity index (χ0n) is 22.3. The van der Waals surface area contributed by atoms with Gasteiger partial charge in [0.05, 0.1) is 11.1 Å². The third kappa shape index (κ3) is 4.55. The number of carbonyl (C=O) groups is 2. The molecule has 1 aliphatic carbocycles. The standard InChI is InChI=1S/C32H35NO4/c1-20-12-7-8-13-24(20)31(3,4)21(2)18-22-29(36)23(30(22)37)19-27-32(5,6)25-14-9-10-15-26(25)33(27)17-11-16-28(34)35/h7-10,12-15,18-19,36H,2,11,16-17H2,1,3-6H3,(H,34,35)/b22-18+,27-19-. The van der Waals surface area contributed by atoms with Crippen LogP contribution in [0.5, 0.6) is 0 Å². The summed E-state index contributed by atoms with van der Waals surface area (Å²) in [7, 11) is 0. The van der Waals surface area contributed by atoms with E-state index in [9.17, 15) is 14.7 Å². The first-order valence-electron chi connectivity index (χ1n) is 12.6. The summed E-state index contributed by atoms with van der Waals surface area (Å²) in [5, 5.41) is 20.1. The number of rotatable bonds is 8. The molecule has 2 aromatic carbocycles. The fraction of sp³-hybridized carbons (Fsp3) is 0.312. The maximum absolute atomic E-state index is 13.3. The summed E-state index contributed by atoms with van der Waals surface area (Å²) in [5.41, 5.74) is 5.69. The molecule has 2 aromatic rings. The lowest BCUT2D eigenvalue weighted by molar-refractivity contribution is -0.137. The lowest BCUT2D eigenvalue weighted by Crippen LogP contribution is -2.30. The number of aliphatic carboxylic acids is 1. The van der Waals surface area contributed by atoms with Crippen molar-refractivity contribution in [3.63, 3.8) is 0 Å². The van der Waals surface area contributed by atoms with Crippen molar-refractivity contribution in [1.29, 1.82) is 0 Å². The Morgan fingerprint density at radius 2 is 1.76 bits per heavy atom. The van der Waals surface area contributed by atoms with Crippen LogP contribution in [0.1, 0.15) is 57.2 Å². The topological polar surface area (TPSA) is 77.8 Å². The Morgan fingerprint density at radius 1 is 1.11 bits per heavy atom. The first kappa shape index (κ1) is 26.2. The summed E-state index contributed by atoms with van der Waals surface area (Å²) in [4.78, 5) is 26.4. The number of benzene rings is 2. The molecule has 4 rings (SSSR count). The van der Waals surface area contributed by atoms with Crippen LogP contribution in [-0.2, 0) is 20.4 Å². The van der Waals surface area contributed by atoms with Crippen molar-refractivity contribution in [3.05, 3.63) is 112 Å². The van der Waals surface area contributed by atoms with Crippen molar-refractivity contribution in [2.24, 2.45) is 0 Å². The summed E-state index contributed by atoms with van der Waals surface area (Å²) in [5.74, 6) is -1.09. The molecule has 0 saturated heterocycles. The van der Waals surface area contributed by atoms with Crippen LogP contribution in [0.3, 0.4) is 0 Å². The van der Waals surface area contributed by atoms with Crippen LogP contribution in [0.4, 0.5) is 5.69 Å². The van der Waals surface area contributed by atoms with E-state index in [1.165, 1.54) is 0 Å². The highest BCUT2D eigenvalue weighted by Gasteiger charge is 2.42. The predicted molar refractivity (Wildman–Crippen MR) is 148 cm³/mol. The number of allylic oxidation sites excluding steroid dienone is 6. The third-order valence-corrected chi connectivity index (χ3v) is 7.79. The number of carboxylic acid groups (broad SMARTS) is 1. The van der Waals surface area contributed by atoms with E-state index in [0.717, 1.165) is 33.6 Å². The molecule has 0 aromatic heterocycles. The van der Waals surface area contributed by atoms with Gasteiger partial charge in [0.15, 0.2) is 0 Å². The van der Waals surface area contributed by atoms with Crippen LogP contribution in [0.25, 0.3) is 0 Å². The summed E-state index contributed by atoms with van der Waals surface area (Å²) >= 11 is 0. The van der Waals surface area contributed by atoms with Gasteiger partial charge in [-0.1, -0.05) is 76.7 Å². The van der Waals surface area contributed by atoms with Crippen LogP contribution in [-0.4, -0.2) is 28.5 Å². The van der Waals surface area contributed by atoms with Crippen molar-refractivity contribution in [2.75, 3.05) is 11.4 Å². The highest BCUT2D eigenvalue weighted by Crippen LogP contribution is 2.49. The molecule has 0 amide bonds. The minimum Gasteiger partial charge on any atom is -0.506 e. The van der Waals surface area contributed by atoms with Crippen LogP contribution >= 0.6 is 0 Å². The smallest absolute Gasteiger partial charge is 0.303 e. The number of hydrogen-bond donors (Lipinski definition) is 2. The molecule has 37 heavy (non-hydrogen) atoms. The zero-order chi connectivity index (χ0) is 27.1. The molecule has 2 aliphatic rings. The SMILES string of the molecule is C=C(/C=C1/C(=O)C(/C=C2\N(CCCC(=O)O)c3ccccc3C2(C)C)=C1O)C(C)(C)c1ccccc1C. The number of ketones is 1.